The van der Waals surface area contributed by atoms with E-state index in [0.717, 1.165) is 44.1 Å². The number of hydrogen-bond donors (Lipinski definition) is 3. The molecular weight excluding hydrogens is 388 g/mol. The van der Waals surface area contributed by atoms with Gasteiger partial charge in [-0.05, 0) is 17.7 Å². The Bertz CT molecular complexity index is 1170. The maximum absolute atomic E-state index is 12.4. The number of hydrogen-bond acceptors (Lipinski definition) is 6. The van der Waals surface area contributed by atoms with Crippen LogP contribution in [0.4, 0.5) is 5.69 Å². The third kappa shape index (κ3) is 4.50. The molecule has 0 unspecified atom stereocenters. The van der Waals surface area contributed by atoms with Crippen LogP contribution in [-0.4, -0.2) is 56.6 Å². The highest BCUT2D eigenvalue weighted by molar-refractivity contribution is 5.90. The van der Waals surface area contributed by atoms with Gasteiger partial charge in [0, 0.05) is 45.2 Å². The van der Waals surface area contributed by atoms with Gasteiger partial charge in [-0.15, -0.1) is 0 Å². The number of aromatic nitrogens is 4. The summed E-state index contributed by atoms with van der Waals surface area (Å²) in [4.78, 5) is 47.7. The summed E-state index contributed by atoms with van der Waals surface area (Å²) in [6, 6.07) is 7.81. The van der Waals surface area contributed by atoms with Crippen LogP contribution >= 0.6 is 0 Å². The number of aromatic amines is 2. The molecule has 158 valence electrons. The summed E-state index contributed by atoms with van der Waals surface area (Å²) in [7, 11) is 1.53. The lowest BCUT2D eigenvalue weighted by Gasteiger charge is -2.26. The van der Waals surface area contributed by atoms with Crippen molar-refractivity contribution in [2.24, 2.45) is 7.05 Å². The molecule has 3 heterocycles. The van der Waals surface area contributed by atoms with Gasteiger partial charge in [0.05, 0.1) is 13.2 Å². The van der Waals surface area contributed by atoms with Crippen molar-refractivity contribution in [1.29, 1.82) is 0 Å². The standard InChI is InChI=1S/C20H24N6O4/c1-25-18-17(19(28)24-20(25)29)22-15(23-18)5-6-16(27)21-14-4-2-3-13(11-14)12-26-7-9-30-10-8-26/h2-4,11H,5-10,12H2,1H3,(H,21,27)(H,22,23)(H,24,28,29). The molecule has 4 rings (SSSR count). The molecule has 10 nitrogen and oxygen atoms in total. The highest BCUT2D eigenvalue weighted by Gasteiger charge is 2.13. The molecule has 1 aliphatic heterocycles. The molecule has 0 atom stereocenters. The van der Waals surface area contributed by atoms with Gasteiger partial charge in [-0.2, -0.15) is 0 Å². The lowest BCUT2D eigenvalue weighted by molar-refractivity contribution is -0.116. The van der Waals surface area contributed by atoms with Gasteiger partial charge >= 0.3 is 5.69 Å². The van der Waals surface area contributed by atoms with Gasteiger partial charge in [-0.25, -0.2) is 9.78 Å². The fourth-order valence-electron chi connectivity index (χ4n) is 3.49. The largest absolute Gasteiger partial charge is 0.379 e. The Balaban J connectivity index is 1.37. The van der Waals surface area contributed by atoms with E-state index >= 15 is 0 Å². The van der Waals surface area contributed by atoms with Gasteiger partial charge in [0.1, 0.15) is 11.3 Å². The topological polar surface area (TPSA) is 125 Å². The molecular formula is C20H24N6O4. The van der Waals surface area contributed by atoms with E-state index in [2.05, 4.69) is 25.2 Å². The van der Waals surface area contributed by atoms with Crippen LogP contribution in [0.25, 0.3) is 11.2 Å². The van der Waals surface area contributed by atoms with Crippen molar-refractivity contribution in [1.82, 2.24) is 24.4 Å². The van der Waals surface area contributed by atoms with Crippen molar-refractivity contribution in [3.63, 3.8) is 0 Å². The molecule has 10 heteroatoms. The molecule has 1 amide bonds. The number of nitrogens with one attached hydrogen (secondary N) is 3. The van der Waals surface area contributed by atoms with Gasteiger partial charge in [-0.3, -0.25) is 24.0 Å². The van der Waals surface area contributed by atoms with E-state index in [1.807, 2.05) is 24.3 Å². The number of carbonyl (C=O) groups is 1. The van der Waals surface area contributed by atoms with Crippen molar-refractivity contribution >= 4 is 22.8 Å². The minimum atomic E-state index is -0.528. The Labute approximate surface area is 171 Å². The number of carbonyl (C=O) groups excluding carboxylic acids is 1. The average Bonchev–Trinajstić information content (AvgIpc) is 3.17. The third-order valence-corrected chi connectivity index (χ3v) is 5.11. The van der Waals surface area contributed by atoms with Crippen molar-refractivity contribution < 1.29 is 9.53 Å². The van der Waals surface area contributed by atoms with Gasteiger partial charge in [0.25, 0.3) is 5.56 Å². The maximum atomic E-state index is 12.4. The van der Waals surface area contributed by atoms with Gasteiger partial charge in [0.15, 0.2) is 5.65 Å². The molecule has 1 fully saturated rings. The Kier molecular flexibility index (Phi) is 5.77. The lowest BCUT2D eigenvalue weighted by Crippen LogP contribution is -2.35. The molecule has 1 aromatic carbocycles. The smallest absolute Gasteiger partial charge is 0.329 e. The molecule has 30 heavy (non-hydrogen) atoms. The van der Waals surface area contributed by atoms with E-state index in [4.69, 9.17) is 4.74 Å². The summed E-state index contributed by atoms with van der Waals surface area (Å²) in [6.45, 7) is 4.13. The number of aryl methyl sites for hydroxylation is 2. The number of H-pyrrole nitrogens is 2. The Morgan fingerprint density at radius 2 is 2.03 bits per heavy atom. The number of rotatable bonds is 6. The van der Waals surface area contributed by atoms with Crippen molar-refractivity contribution in [3.05, 3.63) is 56.5 Å². The van der Waals surface area contributed by atoms with E-state index in [1.165, 1.54) is 11.6 Å². The predicted molar refractivity (Wildman–Crippen MR) is 111 cm³/mol. The quantitative estimate of drug-likeness (QED) is 0.537. The van der Waals surface area contributed by atoms with Crippen LogP contribution in [0.1, 0.15) is 17.8 Å². The molecule has 0 bridgehead atoms. The zero-order valence-electron chi connectivity index (χ0n) is 16.7. The van der Waals surface area contributed by atoms with Crippen LogP contribution in [0.2, 0.25) is 0 Å². The summed E-state index contributed by atoms with van der Waals surface area (Å²) < 4.78 is 6.63. The molecule has 3 aromatic rings. The van der Waals surface area contributed by atoms with Crippen LogP contribution in [0.5, 0.6) is 0 Å². The summed E-state index contributed by atoms with van der Waals surface area (Å²) >= 11 is 0. The molecule has 1 saturated heterocycles. The fourth-order valence-corrected chi connectivity index (χ4v) is 3.49. The first-order chi connectivity index (χ1) is 14.5. The van der Waals surface area contributed by atoms with Crippen LogP contribution in [0.15, 0.2) is 33.9 Å². The van der Waals surface area contributed by atoms with Gasteiger partial charge in [-0.1, -0.05) is 12.1 Å². The number of ether oxygens (including phenoxy) is 1. The van der Waals surface area contributed by atoms with E-state index in [0.29, 0.717) is 12.2 Å². The molecule has 0 radical (unpaired) electrons. The summed E-state index contributed by atoms with van der Waals surface area (Å²) in [5.74, 6) is 0.328. The van der Waals surface area contributed by atoms with E-state index < -0.39 is 11.2 Å². The third-order valence-electron chi connectivity index (χ3n) is 5.11. The maximum Gasteiger partial charge on any atom is 0.329 e. The summed E-state index contributed by atoms with van der Waals surface area (Å²) in [5, 5.41) is 2.91. The molecule has 0 aliphatic carbocycles. The Morgan fingerprint density at radius 1 is 1.23 bits per heavy atom. The SMILES string of the molecule is Cn1c(=O)[nH]c(=O)c2[nH]c(CCC(=O)Nc3cccc(CN4CCOCC4)c3)nc21. The fraction of sp³-hybridized carbons (Fsp3) is 0.400. The van der Waals surface area contributed by atoms with Crippen LogP contribution in [-0.2, 0) is 29.5 Å². The molecule has 0 saturated carbocycles. The van der Waals surface area contributed by atoms with E-state index in [1.54, 1.807) is 0 Å². The zero-order chi connectivity index (χ0) is 21.1. The highest BCUT2D eigenvalue weighted by Crippen LogP contribution is 2.14. The lowest BCUT2D eigenvalue weighted by atomic mass is 10.1. The van der Waals surface area contributed by atoms with Crippen LogP contribution in [0, 0.1) is 0 Å². The average molecular weight is 412 g/mol. The Hall–Kier alpha value is -3.24. The number of anilines is 1. The summed E-state index contributed by atoms with van der Waals surface area (Å²) in [6.07, 6.45) is 0.515. The first-order valence-electron chi connectivity index (χ1n) is 9.86. The minimum Gasteiger partial charge on any atom is -0.379 e. The number of morpholine rings is 1. The molecule has 3 N–H and O–H groups in total. The van der Waals surface area contributed by atoms with E-state index in [-0.39, 0.29) is 23.5 Å². The predicted octanol–water partition coefficient (Wildman–Crippen LogP) is 0.353. The number of benzene rings is 1. The van der Waals surface area contributed by atoms with Crippen molar-refractivity contribution in [2.45, 2.75) is 19.4 Å². The Morgan fingerprint density at radius 3 is 2.83 bits per heavy atom. The molecule has 2 aromatic heterocycles. The first kappa shape index (κ1) is 20.0. The van der Waals surface area contributed by atoms with Gasteiger partial charge in [0.2, 0.25) is 5.91 Å². The van der Waals surface area contributed by atoms with Crippen molar-refractivity contribution in [3.8, 4) is 0 Å². The monoisotopic (exact) mass is 412 g/mol. The number of nitrogens with zero attached hydrogens (tertiary/aromatic N) is 3. The minimum absolute atomic E-state index is 0.151. The second-order valence-electron chi connectivity index (χ2n) is 7.34. The summed E-state index contributed by atoms with van der Waals surface area (Å²) in [5.41, 5.74) is 1.33. The normalized spacial score (nSPS) is 14.8. The van der Waals surface area contributed by atoms with Crippen molar-refractivity contribution in [2.75, 3.05) is 31.6 Å². The molecule has 0 spiro atoms. The second kappa shape index (κ2) is 8.64. The van der Waals surface area contributed by atoms with Crippen LogP contribution in [0.3, 0.4) is 0 Å². The first-order valence-corrected chi connectivity index (χ1v) is 9.86. The van der Waals surface area contributed by atoms with E-state index in [9.17, 15) is 14.4 Å². The highest BCUT2D eigenvalue weighted by atomic mass is 16.5. The molecule has 1 aliphatic rings. The second-order valence-corrected chi connectivity index (χ2v) is 7.34. The van der Waals surface area contributed by atoms with Gasteiger partial charge < -0.3 is 15.0 Å². The number of fused-ring (bicyclic) bond motifs is 1. The zero-order valence-corrected chi connectivity index (χ0v) is 16.7. The number of imidazole rings is 1. The number of amides is 1. The van der Waals surface area contributed by atoms with Crippen LogP contribution < -0.4 is 16.6 Å².